The van der Waals surface area contributed by atoms with Crippen LogP contribution in [0.25, 0.3) is 0 Å². The van der Waals surface area contributed by atoms with Crippen molar-refractivity contribution in [1.82, 2.24) is 5.43 Å². The maximum atomic E-state index is 11.7. The molecule has 2 aromatic carbocycles. The van der Waals surface area contributed by atoms with Crippen LogP contribution in [-0.2, 0) is 16.0 Å². The number of carbonyl (C=O) groups excluding carboxylic acids is 2. The van der Waals surface area contributed by atoms with Gasteiger partial charge in [-0.3, -0.25) is 9.59 Å². The summed E-state index contributed by atoms with van der Waals surface area (Å²) in [6.07, 6.45) is 2.10. The average Bonchev–Trinajstić information content (AvgIpc) is 2.55. The smallest absolute Gasteiger partial charge is 0.318 e. The molecule has 0 saturated heterocycles. The number of nitrogens with zero attached hydrogens (tertiary/aromatic N) is 1. The van der Waals surface area contributed by atoms with Crippen molar-refractivity contribution in [3.8, 4) is 0 Å². The van der Waals surface area contributed by atoms with E-state index in [2.05, 4.69) is 15.8 Å². The lowest BCUT2D eigenvalue weighted by atomic mass is 10.2. The minimum atomic E-state index is -0.842. The lowest BCUT2D eigenvalue weighted by Gasteiger charge is -2.05. The van der Waals surface area contributed by atoms with Crippen LogP contribution in [0.1, 0.15) is 11.1 Å². The number of hydrogen-bond donors (Lipinski definition) is 2. The van der Waals surface area contributed by atoms with Gasteiger partial charge in [0.2, 0.25) is 0 Å². The minimum absolute atomic E-state index is 0.453. The Kier molecular flexibility index (Phi) is 5.88. The standard InChI is InChI=1S/C17H16ClN3O2/c1-12-7-8-14(11-15(12)18)20-16(22)17(23)21-19-10-9-13-5-3-2-4-6-13/h2-8,10-11H,9H2,1H3,(H,20,22)(H,21,23). The monoisotopic (exact) mass is 329 g/mol. The molecule has 0 aliphatic heterocycles. The predicted octanol–water partition coefficient (Wildman–Crippen LogP) is 2.93. The Morgan fingerprint density at radius 1 is 1.13 bits per heavy atom. The summed E-state index contributed by atoms with van der Waals surface area (Å²) in [4.78, 5) is 23.4. The van der Waals surface area contributed by atoms with E-state index in [1.165, 1.54) is 6.21 Å². The van der Waals surface area contributed by atoms with Crippen molar-refractivity contribution in [1.29, 1.82) is 0 Å². The van der Waals surface area contributed by atoms with Gasteiger partial charge in [-0.05, 0) is 30.2 Å². The normalized spacial score (nSPS) is 10.5. The Labute approximate surface area is 139 Å². The number of hydrazone groups is 1. The average molecular weight is 330 g/mol. The SMILES string of the molecule is Cc1ccc(NC(=O)C(=O)NN=CCc2ccccc2)cc1Cl. The van der Waals surface area contributed by atoms with Gasteiger partial charge in [-0.25, -0.2) is 5.43 Å². The van der Waals surface area contributed by atoms with Crippen molar-refractivity contribution in [3.63, 3.8) is 0 Å². The van der Waals surface area contributed by atoms with Crippen molar-refractivity contribution < 1.29 is 9.59 Å². The number of carbonyl (C=O) groups is 2. The number of amides is 2. The van der Waals surface area contributed by atoms with Crippen LogP contribution in [0.4, 0.5) is 5.69 Å². The number of benzene rings is 2. The quantitative estimate of drug-likeness (QED) is 0.514. The highest BCUT2D eigenvalue weighted by Crippen LogP contribution is 2.19. The van der Waals surface area contributed by atoms with Crippen molar-refractivity contribution in [2.24, 2.45) is 5.10 Å². The second kappa shape index (κ2) is 8.10. The van der Waals surface area contributed by atoms with E-state index >= 15 is 0 Å². The lowest BCUT2D eigenvalue weighted by molar-refractivity contribution is -0.136. The molecule has 23 heavy (non-hydrogen) atoms. The van der Waals surface area contributed by atoms with Gasteiger partial charge in [0.15, 0.2) is 0 Å². The Morgan fingerprint density at radius 2 is 1.87 bits per heavy atom. The van der Waals surface area contributed by atoms with Gasteiger partial charge in [0.1, 0.15) is 0 Å². The van der Waals surface area contributed by atoms with Crippen molar-refractivity contribution in [3.05, 3.63) is 64.7 Å². The minimum Gasteiger partial charge on any atom is -0.318 e. The van der Waals surface area contributed by atoms with Crippen LogP contribution in [-0.4, -0.2) is 18.0 Å². The molecule has 2 amide bonds. The van der Waals surface area contributed by atoms with Gasteiger partial charge in [-0.1, -0.05) is 48.0 Å². The van der Waals surface area contributed by atoms with Crippen LogP contribution in [0.5, 0.6) is 0 Å². The molecule has 5 nitrogen and oxygen atoms in total. The zero-order chi connectivity index (χ0) is 16.7. The van der Waals surface area contributed by atoms with Crippen LogP contribution in [0.15, 0.2) is 53.6 Å². The summed E-state index contributed by atoms with van der Waals surface area (Å²) in [6.45, 7) is 1.85. The highest BCUT2D eigenvalue weighted by Gasteiger charge is 2.13. The molecule has 0 aliphatic carbocycles. The zero-order valence-corrected chi connectivity index (χ0v) is 13.3. The zero-order valence-electron chi connectivity index (χ0n) is 12.5. The largest absolute Gasteiger partial charge is 0.329 e. The van der Waals surface area contributed by atoms with E-state index in [0.29, 0.717) is 17.1 Å². The van der Waals surface area contributed by atoms with Gasteiger partial charge < -0.3 is 5.32 Å². The lowest BCUT2D eigenvalue weighted by Crippen LogP contribution is -2.32. The van der Waals surface area contributed by atoms with Crippen LogP contribution >= 0.6 is 11.6 Å². The summed E-state index contributed by atoms with van der Waals surface area (Å²) < 4.78 is 0. The second-order valence-corrected chi connectivity index (χ2v) is 5.27. The van der Waals surface area contributed by atoms with Crippen LogP contribution < -0.4 is 10.7 Å². The third-order valence-electron chi connectivity index (χ3n) is 3.06. The topological polar surface area (TPSA) is 70.6 Å². The van der Waals surface area contributed by atoms with Crippen molar-refractivity contribution in [2.75, 3.05) is 5.32 Å². The molecule has 0 heterocycles. The van der Waals surface area contributed by atoms with Gasteiger partial charge in [0, 0.05) is 23.3 Å². The molecular formula is C17H16ClN3O2. The van der Waals surface area contributed by atoms with Gasteiger partial charge in [-0.2, -0.15) is 5.10 Å². The Balaban J connectivity index is 1.83. The molecule has 118 valence electrons. The molecule has 0 radical (unpaired) electrons. The molecule has 0 fully saturated rings. The first-order valence-electron chi connectivity index (χ1n) is 6.99. The molecule has 0 aromatic heterocycles. The maximum Gasteiger partial charge on any atom is 0.329 e. The Bertz CT molecular complexity index is 730. The number of hydrogen-bond acceptors (Lipinski definition) is 3. The fourth-order valence-electron chi connectivity index (χ4n) is 1.78. The summed E-state index contributed by atoms with van der Waals surface area (Å²) >= 11 is 5.96. The van der Waals surface area contributed by atoms with Gasteiger partial charge >= 0.3 is 11.8 Å². The molecule has 0 spiro atoms. The fourth-order valence-corrected chi connectivity index (χ4v) is 1.96. The van der Waals surface area contributed by atoms with E-state index in [4.69, 9.17) is 11.6 Å². The predicted molar refractivity (Wildman–Crippen MR) is 91.6 cm³/mol. The summed E-state index contributed by atoms with van der Waals surface area (Å²) in [5.41, 5.74) is 4.59. The van der Waals surface area contributed by atoms with Crippen LogP contribution in [0.3, 0.4) is 0 Å². The number of nitrogens with one attached hydrogen (secondary N) is 2. The van der Waals surface area contributed by atoms with E-state index in [9.17, 15) is 9.59 Å². The van der Waals surface area contributed by atoms with Crippen LogP contribution in [0.2, 0.25) is 5.02 Å². The number of rotatable bonds is 4. The molecule has 0 saturated carbocycles. The molecule has 2 rings (SSSR count). The number of anilines is 1. The summed E-state index contributed by atoms with van der Waals surface area (Å²) in [5, 5.41) is 6.73. The molecule has 6 heteroatoms. The molecule has 2 aromatic rings. The van der Waals surface area contributed by atoms with Gasteiger partial charge in [0.05, 0.1) is 0 Å². The molecule has 0 unspecified atom stereocenters. The first kappa shape index (κ1) is 16.7. The van der Waals surface area contributed by atoms with Crippen LogP contribution in [0, 0.1) is 6.92 Å². The number of aryl methyl sites for hydroxylation is 1. The third kappa shape index (κ3) is 5.23. The maximum absolute atomic E-state index is 11.7. The molecule has 0 bridgehead atoms. The second-order valence-electron chi connectivity index (χ2n) is 4.86. The Hall–Kier alpha value is -2.66. The third-order valence-corrected chi connectivity index (χ3v) is 3.47. The summed E-state index contributed by atoms with van der Waals surface area (Å²) in [6, 6.07) is 14.7. The van der Waals surface area contributed by atoms with E-state index in [0.717, 1.165) is 11.1 Å². The fraction of sp³-hybridized carbons (Fsp3) is 0.118. The van der Waals surface area contributed by atoms with E-state index in [1.54, 1.807) is 18.2 Å². The molecule has 2 N–H and O–H groups in total. The Morgan fingerprint density at radius 3 is 2.57 bits per heavy atom. The van der Waals surface area contributed by atoms with Gasteiger partial charge in [-0.15, -0.1) is 0 Å². The number of halogens is 1. The first-order valence-corrected chi connectivity index (χ1v) is 7.37. The summed E-state index contributed by atoms with van der Waals surface area (Å²) in [5.74, 6) is -1.65. The molecule has 0 aliphatic rings. The summed E-state index contributed by atoms with van der Waals surface area (Å²) in [7, 11) is 0. The van der Waals surface area contributed by atoms with E-state index in [-0.39, 0.29) is 0 Å². The first-order chi connectivity index (χ1) is 11.1. The van der Waals surface area contributed by atoms with Gasteiger partial charge in [0.25, 0.3) is 0 Å². The molecular weight excluding hydrogens is 314 g/mol. The highest BCUT2D eigenvalue weighted by atomic mass is 35.5. The van der Waals surface area contributed by atoms with Crippen molar-refractivity contribution >= 4 is 35.3 Å². The van der Waals surface area contributed by atoms with E-state index < -0.39 is 11.8 Å². The van der Waals surface area contributed by atoms with E-state index in [1.807, 2.05) is 37.3 Å². The molecule has 0 atom stereocenters. The highest BCUT2D eigenvalue weighted by molar-refractivity contribution is 6.39. The van der Waals surface area contributed by atoms with Crippen molar-refractivity contribution in [2.45, 2.75) is 13.3 Å².